The molecule has 3 rings (SSSR count). The fourth-order valence-electron chi connectivity index (χ4n) is 2.37. The molecule has 0 atom stereocenters. The molecule has 0 aliphatic carbocycles. The van der Waals surface area contributed by atoms with Crippen LogP contribution in [0.25, 0.3) is 0 Å². The van der Waals surface area contributed by atoms with Crippen molar-refractivity contribution in [3.63, 3.8) is 0 Å². The number of anilines is 3. The van der Waals surface area contributed by atoms with E-state index in [1.165, 1.54) is 18.5 Å². The van der Waals surface area contributed by atoms with Crippen LogP contribution >= 0.6 is 15.9 Å². The van der Waals surface area contributed by atoms with Crippen LogP contribution in [0.5, 0.6) is 0 Å². The number of hydrogen-bond acceptors (Lipinski definition) is 3. The lowest BCUT2D eigenvalue weighted by Gasteiger charge is -2.19. The number of pyridine rings is 1. The third kappa shape index (κ3) is 3.07. The molecular formula is C15H16BrN3. The van der Waals surface area contributed by atoms with Crippen molar-refractivity contribution < 1.29 is 0 Å². The van der Waals surface area contributed by atoms with E-state index in [9.17, 15) is 0 Å². The summed E-state index contributed by atoms with van der Waals surface area (Å²) in [4.78, 5) is 6.88. The van der Waals surface area contributed by atoms with Crippen LogP contribution in [0.15, 0.2) is 47.1 Å². The van der Waals surface area contributed by atoms with Gasteiger partial charge in [-0.2, -0.15) is 0 Å². The summed E-state index contributed by atoms with van der Waals surface area (Å²) in [6.07, 6.45) is 2.56. The van der Waals surface area contributed by atoms with Gasteiger partial charge in [-0.25, -0.2) is 4.98 Å². The second-order valence-corrected chi connectivity index (χ2v) is 5.53. The number of halogens is 1. The summed E-state index contributed by atoms with van der Waals surface area (Å²) >= 11 is 3.50. The highest BCUT2D eigenvalue weighted by atomic mass is 79.9. The van der Waals surface area contributed by atoms with Crippen LogP contribution in [0.3, 0.4) is 0 Å². The number of aromatic nitrogens is 1. The van der Waals surface area contributed by atoms with Crippen molar-refractivity contribution in [1.82, 2.24) is 4.98 Å². The van der Waals surface area contributed by atoms with E-state index >= 15 is 0 Å². The van der Waals surface area contributed by atoms with Crippen molar-refractivity contribution in [3.8, 4) is 0 Å². The summed E-state index contributed by atoms with van der Waals surface area (Å²) in [6.45, 7) is 2.28. The standard InChI is InChI=1S/C15H16BrN3/c16-14-10-13(19-8-4-5-9-19)11-15(18-14)17-12-6-2-1-3-7-12/h1-3,6-7,10-11H,4-5,8-9H2,(H,17,18). The minimum Gasteiger partial charge on any atom is -0.371 e. The lowest BCUT2D eigenvalue weighted by Crippen LogP contribution is -2.17. The number of hydrogen-bond donors (Lipinski definition) is 1. The molecule has 1 aromatic heterocycles. The fraction of sp³-hybridized carbons (Fsp3) is 0.267. The molecule has 0 unspecified atom stereocenters. The zero-order valence-electron chi connectivity index (χ0n) is 10.6. The molecule has 1 saturated heterocycles. The predicted octanol–water partition coefficient (Wildman–Crippen LogP) is 4.19. The van der Waals surface area contributed by atoms with E-state index in [-0.39, 0.29) is 0 Å². The lowest BCUT2D eigenvalue weighted by atomic mass is 10.3. The van der Waals surface area contributed by atoms with Crippen LogP contribution in [-0.4, -0.2) is 18.1 Å². The Morgan fingerprint density at radius 3 is 2.53 bits per heavy atom. The van der Waals surface area contributed by atoms with Gasteiger partial charge in [0.05, 0.1) is 0 Å². The smallest absolute Gasteiger partial charge is 0.133 e. The maximum absolute atomic E-state index is 4.48. The molecule has 1 aromatic carbocycles. The van der Waals surface area contributed by atoms with Crippen molar-refractivity contribution in [2.45, 2.75) is 12.8 Å². The molecule has 0 radical (unpaired) electrons. The van der Waals surface area contributed by atoms with Gasteiger partial charge in [0.2, 0.25) is 0 Å². The van der Waals surface area contributed by atoms with Crippen molar-refractivity contribution in [2.75, 3.05) is 23.3 Å². The van der Waals surface area contributed by atoms with Gasteiger partial charge in [0.25, 0.3) is 0 Å². The Bertz CT molecular complexity index is 551. The van der Waals surface area contributed by atoms with Crippen LogP contribution in [-0.2, 0) is 0 Å². The summed E-state index contributed by atoms with van der Waals surface area (Å²) in [5.41, 5.74) is 2.29. The molecule has 19 heavy (non-hydrogen) atoms. The largest absolute Gasteiger partial charge is 0.371 e. The van der Waals surface area contributed by atoms with E-state index in [2.05, 4.69) is 43.3 Å². The molecule has 4 heteroatoms. The van der Waals surface area contributed by atoms with Crippen LogP contribution in [0.4, 0.5) is 17.2 Å². The van der Waals surface area contributed by atoms with E-state index < -0.39 is 0 Å². The summed E-state index contributed by atoms with van der Waals surface area (Å²) in [6, 6.07) is 14.3. The van der Waals surface area contributed by atoms with Crippen molar-refractivity contribution in [1.29, 1.82) is 0 Å². The molecule has 0 spiro atoms. The Hall–Kier alpha value is -1.55. The quantitative estimate of drug-likeness (QED) is 0.860. The van der Waals surface area contributed by atoms with Crippen LogP contribution in [0.2, 0.25) is 0 Å². The van der Waals surface area contributed by atoms with Gasteiger partial charge < -0.3 is 10.2 Å². The van der Waals surface area contributed by atoms with E-state index in [1.54, 1.807) is 0 Å². The molecule has 2 aromatic rings. The average molecular weight is 318 g/mol. The number of benzene rings is 1. The van der Waals surface area contributed by atoms with Gasteiger partial charge in [-0.15, -0.1) is 0 Å². The van der Waals surface area contributed by atoms with Gasteiger partial charge in [-0.3, -0.25) is 0 Å². The number of nitrogens with one attached hydrogen (secondary N) is 1. The Morgan fingerprint density at radius 1 is 1.05 bits per heavy atom. The molecule has 98 valence electrons. The van der Waals surface area contributed by atoms with E-state index in [0.29, 0.717) is 0 Å². The molecule has 1 fully saturated rings. The van der Waals surface area contributed by atoms with Gasteiger partial charge >= 0.3 is 0 Å². The number of rotatable bonds is 3. The Balaban J connectivity index is 1.85. The molecule has 0 bridgehead atoms. The third-order valence-electron chi connectivity index (χ3n) is 3.30. The first-order valence-electron chi connectivity index (χ1n) is 6.56. The highest BCUT2D eigenvalue weighted by molar-refractivity contribution is 9.10. The minimum absolute atomic E-state index is 0.871. The number of nitrogens with zero attached hydrogens (tertiary/aromatic N) is 2. The van der Waals surface area contributed by atoms with E-state index in [1.807, 2.05) is 30.3 Å². The highest BCUT2D eigenvalue weighted by Crippen LogP contribution is 2.27. The van der Waals surface area contributed by atoms with Gasteiger partial charge in [0, 0.05) is 30.5 Å². The fourth-order valence-corrected chi connectivity index (χ4v) is 2.80. The minimum atomic E-state index is 0.871. The Labute approximate surface area is 121 Å². The molecule has 0 amide bonds. The average Bonchev–Trinajstić information content (AvgIpc) is 2.93. The molecular weight excluding hydrogens is 302 g/mol. The molecule has 1 N–H and O–H groups in total. The molecule has 0 saturated carbocycles. The SMILES string of the molecule is Brc1cc(N2CCCC2)cc(Nc2ccccc2)n1. The Morgan fingerprint density at radius 2 is 1.79 bits per heavy atom. The van der Waals surface area contributed by atoms with Gasteiger partial charge in [0.15, 0.2) is 0 Å². The summed E-state index contributed by atoms with van der Waals surface area (Å²) in [5.74, 6) is 0.877. The third-order valence-corrected chi connectivity index (χ3v) is 3.70. The topological polar surface area (TPSA) is 28.2 Å². The second kappa shape index (κ2) is 5.61. The molecule has 1 aliphatic heterocycles. The second-order valence-electron chi connectivity index (χ2n) is 4.72. The van der Waals surface area contributed by atoms with Crippen LogP contribution in [0, 0.1) is 0 Å². The van der Waals surface area contributed by atoms with E-state index in [0.717, 1.165) is 29.2 Å². The zero-order valence-corrected chi connectivity index (χ0v) is 12.2. The first-order valence-corrected chi connectivity index (χ1v) is 7.35. The summed E-state index contributed by atoms with van der Waals surface area (Å²) < 4.78 is 0.871. The number of para-hydroxylation sites is 1. The van der Waals surface area contributed by atoms with Gasteiger partial charge in [0.1, 0.15) is 10.4 Å². The lowest BCUT2D eigenvalue weighted by molar-refractivity contribution is 0.949. The normalized spacial score (nSPS) is 14.7. The predicted molar refractivity (Wildman–Crippen MR) is 83.1 cm³/mol. The van der Waals surface area contributed by atoms with Crippen LogP contribution in [0.1, 0.15) is 12.8 Å². The molecule has 3 nitrogen and oxygen atoms in total. The van der Waals surface area contributed by atoms with Crippen molar-refractivity contribution in [2.24, 2.45) is 0 Å². The monoisotopic (exact) mass is 317 g/mol. The van der Waals surface area contributed by atoms with E-state index in [4.69, 9.17) is 0 Å². The molecule has 2 heterocycles. The first kappa shape index (κ1) is 12.5. The zero-order chi connectivity index (χ0) is 13.1. The van der Waals surface area contributed by atoms with Gasteiger partial charge in [-0.1, -0.05) is 18.2 Å². The highest BCUT2D eigenvalue weighted by Gasteiger charge is 2.14. The van der Waals surface area contributed by atoms with Crippen molar-refractivity contribution >= 4 is 33.1 Å². The maximum atomic E-state index is 4.48. The Kier molecular flexibility index (Phi) is 3.69. The summed E-state index contributed by atoms with van der Waals surface area (Å²) in [5, 5.41) is 3.34. The summed E-state index contributed by atoms with van der Waals surface area (Å²) in [7, 11) is 0. The van der Waals surface area contributed by atoms with Gasteiger partial charge in [-0.05, 0) is 47.0 Å². The first-order chi connectivity index (χ1) is 9.31. The van der Waals surface area contributed by atoms with Crippen molar-refractivity contribution in [3.05, 3.63) is 47.1 Å². The maximum Gasteiger partial charge on any atom is 0.133 e. The molecule has 1 aliphatic rings. The van der Waals surface area contributed by atoms with Crippen LogP contribution < -0.4 is 10.2 Å².